The Hall–Kier alpha value is -2.30. The molecule has 156 valence electrons. The average molecular weight is 390 g/mol. The second-order valence-corrected chi connectivity index (χ2v) is 3.95. The minimum Gasteiger partial charge on any atom is -0.435 e. The van der Waals surface area contributed by atoms with Crippen molar-refractivity contribution in [2.75, 3.05) is 53.2 Å². The Kier molecular flexibility index (Phi) is 31.1. The number of aliphatic hydroxyl groups excluding tert-OH is 2. The first-order chi connectivity index (χ1) is 13.0. The van der Waals surface area contributed by atoms with Crippen LogP contribution in [0.3, 0.4) is 0 Å². The van der Waals surface area contributed by atoms with Gasteiger partial charge in [0, 0.05) is 12.2 Å². The van der Waals surface area contributed by atoms with Crippen molar-refractivity contribution in [1.82, 2.24) is 0 Å². The fourth-order valence-corrected chi connectivity index (χ4v) is 0.811. The van der Waals surface area contributed by atoms with Crippen LogP contribution in [0.4, 0.5) is 0 Å². The third-order valence-electron chi connectivity index (χ3n) is 1.85. The average Bonchev–Trinajstić information content (AvgIpc) is 2.69. The number of rotatable bonds is 14. The van der Waals surface area contributed by atoms with E-state index in [-0.39, 0.29) is 26.8 Å². The molecule has 0 heterocycles. The topological polar surface area (TPSA) is 121 Å². The van der Waals surface area contributed by atoms with E-state index in [0.29, 0.717) is 26.4 Å². The lowest BCUT2D eigenvalue weighted by molar-refractivity contribution is -0.150. The van der Waals surface area contributed by atoms with Gasteiger partial charge < -0.3 is 33.9 Å². The Bertz CT molecular complexity index is 358. The number of carbonyl (C=O) groups is 2. The lowest BCUT2D eigenvalue weighted by atomic mass is 10.7. The van der Waals surface area contributed by atoms with Gasteiger partial charge in [-0.2, -0.15) is 0 Å². The van der Waals surface area contributed by atoms with Gasteiger partial charge in [-0.05, 0) is 0 Å². The fraction of sp³-hybridized carbons (Fsp3) is 0.444. The van der Waals surface area contributed by atoms with Gasteiger partial charge in [0.1, 0.15) is 0 Å². The van der Waals surface area contributed by atoms with Gasteiger partial charge in [0.25, 0.3) is 0 Å². The van der Waals surface area contributed by atoms with Gasteiger partial charge >= 0.3 is 11.9 Å². The summed E-state index contributed by atoms with van der Waals surface area (Å²) in [5.74, 6) is -0.965. The Morgan fingerprint density at radius 1 is 0.704 bits per heavy atom. The van der Waals surface area contributed by atoms with E-state index in [1.165, 1.54) is 0 Å². The van der Waals surface area contributed by atoms with E-state index in [4.69, 9.17) is 19.7 Å². The summed E-state index contributed by atoms with van der Waals surface area (Å²) >= 11 is 0. The van der Waals surface area contributed by atoms with Crippen LogP contribution in [-0.4, -0.2) is 75.4 Å². The third-order valence-corrected chi connectivity index (χ3v) is 1.85. The van der Waals surface area contributed by atoms with Crippen LogP contribution in [0.15, 0.2) is 50.6 Å². The third kappa shape index (κ3) is 35.6. The number of carbonyl (C=O) groups excluding carboxylic acids is 2. The van der Waals surface area contributed by atoms with Crippen LogP contribution in [0.5, 0.6) is 0 Å². The first-order valence-corrected chi connectivity index (χ1v) is 7.79. The smallest absolute Gasteiger partial charge is 0.332 e. The molecule has 0 aliphatic carbocycles. The van der Waals surface area contributed by atoms with Crippen molar-refractivity contribution >= 4 is 11.9 Å². The summed E-state index contributed by atoms with van der Waals surface area (Å²) in [4.78, 5) is 20.7. The van der Waals surface area contributed by atoms with E-state index in [0.717, 1.165) is 12.2 Å². The SMILES string of the molecule is C=CCOCOC(=O)C=C.C=CCOCOC(=O)C=C.OCCOCCO. The molecule has 0 fully saturated rings. The zero-order valence-electron chi connectivity index (χ0n) is 15.5. The van der Waals surface area contributed by atoms with Crippen molar-refractivity contribution in [3.63, 3.8) is 0 Å². The molecule has 2 N–H and O–H groups in total. The van der Waals surface area contributed by atoms with Crippen LogP contribution >= 0.6 is 0 Å². The van der Waals surface area contributed by atoms with E-state index in [9.17, 15) is 9.59 Å². The van der Waals surface area contributed by atoms with E-state index in [2.05, 4.69) is 40.5 Å². The Balaban J connectivity index is -0.000000326. The number of esters is 2. The van der Waals surface area contributed by atoms with Gasteiger partial charge in [0.05, 0.1) is 39.6 Å². The highest BCUT2D eigenvalue weighted by molar-refractivity contribution is 5.81. The molecular weight excluding hydrogens is 360 g/mol. The molecule has 0 aromatic rings. The molecule has 9 heteroatoms. The zero-order valence-corrected chi connectivity index (χ0v) is 15.5. The van der Waals surface area contributed by atoms with Crippen LogP contribution in [0.2, 0.25) is 0 Å². The molecule has 0 amide bonds. The fourth-order valence-electron chi connectivity index (χ4n) is 0.811. The zero-order chi connectivity index (χ0) is 21.2. The largest absolute Gasteiger partial charge is 0.435 e. The summed E-state index contributed by atoms with van der Waals surface area (Å²) in [6.07, 6.45) is 5.30. The van der Waals surface area contributed by atoms with Crippen molar-refractivity contribution in [3.8, 4) is 0 Å². The van der Waals surface area contributed by atoms with E-state index in [1.807, 2.05) is 0 Å². The van der Waals surface area contributed by atoms with Gasteiger partial charge in [-0.25, -0.2) is 9.59 Å². The predicted octanol–water partition coefficient (Wildman–Crippen LogP) is 0.739. The molecular formula is C18H30O9. The molecule has 0 saturated heterocycles. The van der Waals surface area contributed by atoms with Crippen LogP contribution in [0.25, 0.3) is 0 Å². The summed E-state index contributed by atoms with van der Waals surface area (Å²) in [6.45, 7) is 14.6. The maximum absolute atomic E-state index is 10.3. The van der Waals surface area contributed by atoms with Crippen LogP contribution in [-0.2, 0) is 33.3 Å². The highest BCUT2D eigenvalue weighted by Gasteiger charge is 1.92. The van der Waals surface area contributed by atoms with Crippen molar-refractivity contribution in [3.05, 3.63) is 50.6 Å². The molecule has 9 nitrogen and oxygen atoms in total. The number of ether oxygens (including phenoxy) is 5. The second kappa shape index (κ2) is 28.5. The number of aliphatic hydroxyl groups is 2. The summed E-state index contributed by atoms with van der Waals surface area (Å²) in [5.41, 5.74) is 0. The molecule has 0 aromatic carbocycles. The standard InChI is InChI=1S/2C7H10O3.C4H10O3/c2*1-3-5-9-6-10-7(8)4-2;5-1-3-7-4-2-6/h2*3-4H,1-2,5-6H2;5-6H,1-4H2. The first kappa shape index (κ1) is 29.5. The van der Waals surface area contributed by atoms with Crippen molar-refractivity contribution in [1.29, 1.82) is 0 Å². The summed E-state index contributed by atoms with van der Waals surface area (Å²) in [5, 5.41) is 16.2. The lowest BCUT2D eigenvalue weighted by Crippen LogP contribution is -2.04. The summed E-state index contributed by atoms with van der Waals surface area (Å²) in [7, 11) is 0. The second-order valence-electron chi connectivity index (χ2n) is 3.95. The van der Waals surface area contributed by atoms with Crippen molar-refractivity contribution in [2.45, 2.75) is 0 Å². The maximum atomic E-state index is 10.3. The van der Waals surface area contributed by atoms with Gasteiger partial charge in [0.2, 0.25) is 0 Å². The van der Waals surface area contributed by atoms with Crippen molar-refractivity contribution in [2.24, 2.45) is 0 Å². The Labute approximate surface area is 160 Å². The normalized spacial score (nSPS) is 8.67. The molecule has 0 radical (unpaired) electrons. The molecule has 0 bridgehead atoms. The van der Waals surface area contributed by atoms with Crippen LogP contribution < -0.4 is 0 Å². The quantitative estimate of drug-likeness (QED) is 0.145. The highest BCUT2D eigenvalue weighted by Crippen LogP contribution is 1.81. The van der Waals surface area contributed by atoms with Gasteiger partial charge in [-0.15, -0.1) is 13.2 Å². The molecule has 0 rings (SSSR count). The maximum Gasteiger partial charge on any atom is 0.332 e. The van der Waals surface area contributed by atoms with E-state index in [1.54, 1.807) is 12.2 Å². The summed E-state index contributed by atoms with van der Waals surface area (Å²) < 4.78 is 23.1. The van der Waals surface area contributed by atoms with E-state index < -0.39 is 11.9 Å². The monoisotopic (exact) mass is 390 g/mol. The van der Waals surface area contributed by atoms with Crippen molar-refractivity contribution < 1.29 is 43.5 Å². The Morgan fingerprint density at radius 2 is 1.07 bits per heavy atom. The van der Waals surface area contributed by atoms with Crippen LogP contribution in [0.1, 0.15) is 0 Å². The van der Waals surface area contributed by atoms with Gasteiger partial charge in [0.15, 0.2) is 13.6 Å². The Morgan fingerprint density at radius 3 is 1.33 bits per heavy atom. The van der Waals surface area contributed by atoms with Crippen LogP contribution in [0, 0.1) is 0 Å². The lowest BCUT2D eigenvalue weighted by Gasteiger charge is -1.99. The minimum absolute atomic E-state index is 0.0278. The van der Waals surface area contributed by atoms with E-state index >= 15 is 0 Å². The molecule has 0 aliphatic heterocycles. The number of hydrogen-bond acceptors (Lipinski definition) is 9. The molecule has 0 spiro atoms. The molecule has 0 aromatic heterocycles. The number of hydrogen-bond donors (Lipinski definition) is 2. The van der Waals surface area contributed by atoms with Gasteiger partial charge in [-0.1, -0.05) is 25.3 Å². The molecule has 0 atom stereocenters. The highest BCUT2D eigenvalue weighted by atomic mass is 16.7. The van der Waals surface area contributed by atoms with Gasteiger partial charge in [-0.3, -0.25) is 0 Å². The molecule has 27 heavy (non-hydrogen) atoms. The first-order valence-electron chi connectivity index (χ1n) is 7.79. The summed E-state index contributed by atoms with van der Waals surface area (Å²) in [6, 6.07) is 0. The molecule has 0 aliphatic rings. The minimum atomic E-state index is -0.482. The predicted molar refractivity (Wildman–Crippen MR) is 99.6 cm³/mol. The molecule has 0 unspecified atom stereocenters. The molecule has 0 saturated carbocycles.